The average molecular weight is 281 g/mol. The van der Waals surface area contributed by atoms with Crippen LogP contribution in [0.15, 0.2) is 22.7 Å². The van der Waals surface area contributed by atoms with Crippen LogP contribution in [0.2, 0.25) is 0 Å². The van der Waals surface area contributed by atoms with Crippen LogP contribution < -0.4 is 5.32 Å². The second-order valence-corrected chi connectivity index (χ2v) is 4.19. The largest absolute Gasteiger partial charge is 0.313 e. The van der Waals surface area contributed by atoms with Gasteiger partial charge in [-0.05, 0) is 30.7 Å². The van der Waals surface area contributed by atoms with E-state index in [9.17, 15) is 4.39 Å². The number of nitrogens with one attached hydrogen (secondary N) is 1. The zero-order valence-corrected chi connectivity index (χ0v) is 10.0. The lowest BCUT2D eigenvalue weighted by Gasteiger charge is -2.05. The van der Waals surface area contributed by atoms with E-state index in [0.717, 1.165) is 29.5 Å². The summed E-state index contributed by atoms with van der Waals surface area (Å²) in [5, 5.41) is 3.23. The summed E-state index contributed by atoms with van der Waals surface area (Å²) in [6, 6.07) is 4.70. The van der Waals surface area contributed by atoms with Crippen molar-refractivity contribution in [3.8, 4) is 0 Å². The highest BCUT2D eigenvalue weighted by Gasteiger charge is 2.00. The minimum atomic E-state index is -0.221. The molecule has 0 amide bonds. The molecule has 14 heavy (non-hydrogen) atoms. The third-order valence-electron chi connectivity index (χ3n) is 1.82. The predicted molar refractivity (Wildman–Crippen MR) is 61.1 cm³/mol. The van der Waals surface area contributed by atoms with Gasteiger partial charge in [-0.2, -0.15) is 0 Å². The maximum absolute atomic E-state index is 12.7. The Morgan fingerprint density at radius 3 is 2.86 bits per heavy atom. The maximum atomic E-state index is 12.7. The lowest BCUT2D eigenvalue weighted by molar-refractivity contribution is 0.623. The molecule has 0 aliphatic carbocycles. The molecule has 0 atom stereocenters. The molecule has 1 nitrogen and oxygen atoms in total. The van der Waals surface area contributed by atoms with Crippen molar-refractivity contribution < 1.29 is 4.39 Å². The van der Waals surface area contributed by atoms with Crippen LogP contribution in [0, 0.1) is 5.82 Å². The number of hydrogen-bond acceptors (Lipinski definition) is 1. The van der Waals surface area contributed by atoms with Gasteiger partial charge in [-0.25, -0.2) is 4.39 Å². The van der Waals surface area contributed by atoms with Crippen molar-refractivity contribution in [3.63, 3.8) is 0 Å². The van der Waals surface area contributed by atoms with Gasteiger partial charge < -0.3 is 5.32 Å². The normalized spacial score (nSPS) is 10.5. The molecule has 0 aromatic heterocycles. The molecule has 1 rings (SSSR count). The third kappa shape index (κ3) is 3.95. The first-order chi connectivity index (χ1) is 6.74. The molecule has 1 N–H and O–H groups in total. The van der Waals surface area contributed by atoms with Gasteiger partial charge >= 0.3 is 0 Å². The Morgan fingerprint density at radius 2 is 2.21 bits per heavy atom. The molecule has 0 saturated carbocycles. The number of hydrogen-bond donors (Lipinski definition) is 1. The first-order valence-corrected chi connectivity index (χ1v) is 5.77. The van der Waals surface area contributed by atoms with Crippen LogP contribution in [0.5, 0.6) is 0 Å². The van der Waals surface area contributed by atoms with Crippen LogP contribution in [-0.4, -0.2) is 12.4 Å². The number of halogens is 3. The lowest BCUT2D eigenvalue weighted by Crippen LogP contribution is -2.15. The average Bonchev–Trinajstić information content (AvgIpc) is 2.15. The van der Waals surface area contributed by atoms with Gasteiger partial charge in [0.2, 0.25) is 0 Å². The molecule has 0 aliphatic heterocycles. The third-order valence-corrected chi connectivity index (χ3v) is 2.82. The van der Waals surface area contributed by atoms with E-state index < -0.39 is 0 Å². The van der Waals surface area contributed by atoms with Crippen molar-refractivity contribution in [2.45, 2.75) is 13.0 Å². The van der Waals surface area contributed by atoms with Crippen LogP contribution in [-0.2, 0) is 6.54 Å². The van der Waals surface area contributed by atoms with Crippen LogP contribution in [0.3, 0.4) is 0 Å². The van der Waals surface area contributed by atoms with Crippen molar-refractivity contribution in [2.75, 3.05) is 12.4 Å². The molecule has 0 saturated heterocycles. The summed E-state index contributed by atoms with van der Waals surface area (Å²) in [6.07, 6.45) is 0.945. The predicted octanol–water partition coefficient (Wildman–Crippen LogP) is 3.31. The van der Waals surface area contributed by atoms with Crippen LogP contribution in [0.25, 0.3) is 0 Å². The number of rotatable bonds is 5. The second kappa shape index (κ2) is 6.38. The summed E-state index contributed by atoms with van der Waals surface area (Å²) in [6.45, 7) is 1.62. The van der Waals surface area contributed by atoms with Gasteiger partial charge in [0.05, 0.1) is 0 Å². The minimum Gasteiger partial charge on any atom is -0.313 e. The maximum Gasteiger partial charge on any atom is 0.124 e. The lowest BCUT2D eigenvalue weighted by atomic mass is 10.2. The molecule has 0 spiro atoms. The molecule has 78 valence electrons. The van der Waals surface area contributed by atoms with E-state index in [-0.39, 0.29) is 5.82 Å². The second-order valence-electron chi connectivity index (χ2n) is 2.96. The fourth-order valence-corrected chi connectivity index (χ4v) is 1.70. The monoisotopic (exact) mass is 279 g/mol. The quantitative estimate of drug-likeness (QED) is 0.644. The van der Waals surface area contributed by atoms with Gasteiger partial charge in [0, 0.05) is 16.9 Å². The standard InChI is InChI=1S/C10H12BrClFN/c11-10-6-9(13)3-2-8(10)7-14-5-1-4-12/h2-3,6,14H,1,4-5,7H2. The van der Waals surface area contributed by atoms with Crippen LogP contribution in [0.1, 0.15) is 12.0 Å². The Morgan fingerprint density at radius 1 is 1.43 bits per heavy atom. The Hall–Kier alpha value is -0.120. The molecule has 1 aromatic rings. The summed E-state index contributed by atoms with van der Waals surface area (Å²) < 4.78 is 13.5. The van der Waals surface area contributed by atoms with Crippen molar-refractivity contribution in [1.82, 2.24) is 5.32 Å². The topological polar surface area (TPSA) is 12.0 Å². The van der Waals surface area contributed by atoms with Gasteiger partial charge in [-0.1, -0.05) is 22.0 Å². The van der Waals surface area contributed by atoms with E-state index in [0.29, 0.717) is 5.88 Å². The van der Waals surface area contributed by atoms with E-state index in [1.807, 2.05) is 0 Å². The van der Waals surface area contributed by atoms with E-state index in [1.54, 1.807) is 6.07 Å². The Kier molecular flexibility index (Phi) is 5.45. The van der Waals surface area contributed by atoms with E-state index in [1.165, 1.54) is 12.1 Å². The smallest absolute Gasteiger partial charge is 0.124 e. The van der Waals surface area contributed by atoms with Gasteiger partial charge in [0.25, 0.3) is 0 Å². The Balaban J connectivity index is 2.42. The zero-order chi connectivity index (χ0) is 10.4. The minimum absolute atomic E-state index is 0.221. The van der Waals surface area contributed by atoms with Gasteiger partial charge in [0.1, 0.15) is 5.82 Å². The van der Waals surface area contributed by atoms with Crippen molar-refractivity contribution in [3.05, 3.63) is 34.1 Å². The first-order valence-electron chi connectivity index (χ1n) is 4.44. The fourth-order valence-electron chi connectivity index (χ4n) is 1.08. The molecule has 0 fully saturated rings. The molecule has 0 radical (unpaired) electrons. The molecule has 0 unspecified atom stereocenters. The van der Waals surface area contributed by atoms with E-state index in [4.69, 9.17) is 11.6 Å². The summed E-state index contributed by atoms with van der Waals surface area (Å²) in [4.78, 5) is 0. The van der Waals surface area contributed by atoms with Crippen molar-refractivity contribution in [1.29, 1.82) is 0 Å². The van der Waals surface area contributed by atoms with Gasteiger partial charge in [0.15, 0.2) is 0 Å². The highest BCUT2D eigenvalue weighted by atomic mass is 79.9. The summed E-state index contributed by atoms with van der Waals surface area (Å²) in [5.41, 5.74) is 1.06. The fraction of sp³-hybridized carbons (Fsp3) is 0.400. The van der Waals surface area contributed by atoms with Gasteiger partial charge in [-0.3, -0.25) is 0 Å². The Labute approximate surface area is 96.8 Å². The molecule has 0 bridgehead atoms. The van der Waals surface area contributed by atoms with Crippen molar-refractivity contribution in [2.24, 2.45) is 0 Å². The van der Waals surface area contributed by atoms with Crippen molar-refractivity contribution >= 4 is 27.5 Å². The molecule has 4 heteroatoms. The number of benzene rings is 1. The molecule has 0 aliphatic rings. The summed E-state index contributed by atoms with van der Waals surface area (Å²) in [7, 11) is 0. The van der Waals surface area contributed by atoms with E-state index >= 15 is 0 Å². The molecular weight excluding hydrogens is 268 g/mol. The highest BCUT2D eigenvalue weighted by molar-refractivity contribution is 9.10. The Bertz CT molecular complexity index is 293. The molecule has 1 aromatic carbocycles. The highest BCUT2D eigenvalue weighted by Crippen LogP contribution is 2.17. The van der Waals surface area contributed by atoms with Gasteiger partial charge in [-0.15, -0.1) is 11.6 Å². The molecule has 0 heterocycles. The SMILES string of the molecule is Fc1ccc(CNCCCCl)c(Br)c1. The number of alkyl halides is 1. The first kappa shape index (κ1) is 12.0. The van der Waals surface area contributed by atoms with Crippen LogP contribution in [0.4, 0.5) is 4.39 Å². The van der Waals surface area contributed by atoms with E-state index in [2.05, 4.69) is 21.2 Å². The summed E-state index contributed by atoms with van der Waals surface area (Å²) >= 11 is 8.85. The summed E-state index contributed by atoms with van der Waals surface area (Å²) in [5.74, 6) is 0.443. The zero-order valence-electron chi connectivity index (χ0n) is 7.69. The molecular formula is C10H12BrClFN. The van der Waals surface area contributed by atoms with Crippen LogP contribution >= 0.6 is 27.5 Å².